The summed E-state index contributed by atoms with van der Waals surface area (Å²) >= 11 is 5.87. The lowest BCUT2D eigenvalue weighted by atomic mass is 10.0. The van der Waals surface area contributed by atoms with Gasteiger partial charge in [0.2, 0.25) is 11.1 Å². The highest BCUT2D eigenvalue weighted by atomic mass is 35.5. The minimum absolute atomic E-state index is 0.0265. The molecule has 1 N–H and O–H groups in total. The van der Waals surface area contributed by atoms with Crippen LogP contribution in [0.25, 0.3) is 0 Å². The first-order valence-electron chi connectivity index (χ1n) is 7.03. The van der Waals surface area contributed by atoms with Crippen molar-refractivity contribution in [3.05, 3.63) is 52.4 Å². The average Bonchev–Trinajstić information content (AvgIpc) is 2.86. The summed E-state index contributed by atoms with van der Waals surface area (Å²) in [6.07, 6.45) is 0.0707. The molecule has 122 valence electrons. The van der Waals surface area contributed by atoms with Gasteiger partial charge in [0.05, 0.1) is 31.7 Å². The Labute approximate surface area is 138 Å². The molecule has 0 unspecified atom stereocenters. The smallest absolute Gasteiger partial charge is 0.307 e. The largest absolute Gasteiger partial charge is 0.469 e. The van der Waals surface area contributed by atoms with Crippen LogP contribution in [0, 0.1) is 6.92 Å². The highest BCUT2D eigenvalue weighted by Gasteiger charge is 2.21. The summed E-state index contributed by atoms with van der Waals surface area (Å²) in [4.78, 5) is 23.9. The van der Waals surface area contributed by atoms with Crippen LogP contribution in [0.15, 0.2) is 34.9 Å². The Morgan fingerprint density at radius 1 is 1.35 bits per heavy atom. The van der Waals surface area contributed by atoms with Crippen molar-refractivity contribution >= 4 is 23.5 Å². The number of ether oxygens (including phenoxy) is 1. The van der Waals surface area contributed by atoms with Crippen molar-refractivity contribution in [2.75, 3.05) is 7.11 Å². The molecule has 6 nitrogen and oxygen atoms in total. The highest BCUT2D eigenvalue weighted by Crippen LogP contribution is 2.21. The molecule has 1 atom stereocenters. The molecule has 0 fully saturated rings. The molecule has 0 bridgehead atoms. The van der Waals surface area contributed by atoms with E-state index in [-0.39, 0.29) is 24.0 Å². The fourth-order valence-electron chi connectivity index (χ4n) is 2.15. The number of carbonyl (C=O) groups excluding carboxylic acids is 2. The third-order valence-corrected chi connectivity index (χ3v) is 3.71. The standard InChI is InChI=1S/C16H17ClN2O4/c1-10-12(16(17)23-19-10)8-14(20)18-13(9-15(21)22-2)11-6-4-3-5-7-11/h3-7,13H,8-9H2,1-2H3,(H,18,20)/t13-/m1/s1. The molecule has 1 aromatic carbocycles. The van der Waals surface area contributed by atoms with Crippen molar-refractivity contribution in [2.45, 2.75) is 25.8 Å². The lowest BCUT2D eigenvalue weighted by Gasteiger charge is -2.18. The number of benzene rings is 1. The van der Waals surface area contributed by atoms with Gasteiger partial charge >= 0.3 is 5.97 Å². The van der Waals surface area contributed by atoms with E-state index in [2.05, 4.69) is 10.5 Å². The van der Waals surface area contributed by atoms with Crippen LogP contribution in [0.1, 0.15) is 29.3 Å². The van der Waals surface area contributed by atoms with E-state index in [1.54, 1.807) is 6.92 Å². The lowest BCUT2D eigenvalue weighted by molar-refractivity contribution is -0.141. The number of aromatic nitrogens is 1. The number of nitrogens with one attached hydrogen (secondary N) is 1. The molecule has 1 aromatic heterocycles. The molecular formula is C16H17ClN2O4. The third kappa shape index (κ3) is 4.56. The quantitative estimate of drug-likeness (QED) is 0.820. The number of amides is 1. The average molecular weight is 337 g/mol. The second kappa shape index (κ2) is 7.78. The van der Waals surface area contributed by atoms with Crippen molar-refractivity contribution in [3.8, 4) is 0 Å². The maximum atomic E-state index is 12.3. The minimum Gasteiger partial charge on any atom is -0.469 e. The predicted octanol–water partition coefficient (Wildman–Crippen LogP) is 2.60. The number of hydrogen-bond acceptors (Lipinski definition) is 5. The van der Waals surface area contributed by atoms with Crippen molar-refractivity contribution in [1.29, 1.82) is 0 Å². The molecule has 0 aliphatic rings. The van der Waals surface area contributed by atoms with Crippen LogP contribution in [0.2, 0.25) is 5.22 Å². The number of aryl methyl sites for hydroxylation is 1. The van der Waals surface area contributed by atoms with Crippen molar-refractivity contribution in [2.24, 2.45) is 0 Å². The molecule has 23 heavy (non-hydrogen) atoms. The monoisotopic (exact) mass is 336 g/mol. The SMILES string of the molecule is COC(=O)C[C@@H](NC(=O)Cc1c(C)noc1Cl)c1ccccc1. The van der Waals surface area contributed by atoms with E-state index in [1.165, 1.54) is 7.11 Å². The van der Waals surface area contributed by atoms with Gasteiger partial charge in [0.1, 0.15) is 0 Å². The van der Waals surface area contributed by atoms with Gasteiger partial charge in [-0.2, -0.15) is 0 Å². The first-order valence-corrected chi connectivity index (χ1v) is 7.40. The molecule has 0 saturated heterocycles. The van der Waals surface area contributed by atoms with Crippen molar-refractivity contribution < 1.29 is 18.8 Å². The fourth-order valence-corrected chi connectivity index (χ4v) is 2.39. The maximum Gasteiger partial charge on any atom is 0.307 e. The first-order chi connectivity index (χ1) is 11.0. The minimum atomic E-state index is -0.477. The second-order valence-corrected chi connectivity index (χ2v) is 5.35. The number of rotatable bonds is 6. The Morgan fingerprint density at radius 2 is 2.04 bits per heavy atom. The Bertz CT molecular complexity index is 665. The van der Waals surface area contributed by atoms with Gasteiger partial charge in [0.15, 0.2) is 0 Å². The molecule has 0 spiro atoms. The van der Waals surface area contributed by atoms with Gasteiger partial charge in [-0.1, -0.05) is 35.5 Å². The van der Waals surface area contributed by atoms with E-state index < -0.39 is 12.0 Å². The van der Waals surface area contributed by atoms with E-state index in [9.17, 15) is 9.59 Å². The molecular weight excluding hydrogens is 320 g/mol. The van der Waals surface area contributed by atoms with Crippen LogP contribution in [-0.4, -0.2) is 24.1 Å². The summed E-state index contributed by atoms with van der Waals surface area (Å²) < 4.78 is 9.52. The molecule has 0 saturated carbocycles. The zero-order valence-corrected chi connectivity index (χ0v) is 13.6. The van der Waals surface area contributed by atoms with Gasteiger partial charge in [-0.15, -0.1) is 0 Å². The van der Waals surface area contributed by atoms with Crippen molar-refractivity contribution in [1.82, 2.24) is 10.5 Å². The maximum absolute atomic E-state index is 12.3. The molecule has 0 aliphatic carbocycles. The predicted molar refractivity (Wildman–Crippen MR) is 83.9 cm³/mol. The summed E-state index contributed by atoms with van der Waals surface area (Å²) in [5.41, 5.74) is 1.92. The Morgan fingerprint density at radius 3 is 2.61 bits per heavy atom. The van der Waals surface area contributed by atoms with Gasteiger partial charge in [0, 0.05) is 5.56 Å². The molecule has 2 aromatic rings. The lowest BCUT2D eigenvalue weighted by Crippen LogP contribution is -2.31. The van der Waals surface area contributed by atoms with Crippen LogP contribution in [0.3, 0.4) is 0 Å². The van der Waals surface area contributed by atoms with Gasteiger partial charge in [-0.25, -0.2) is 0 Å². The number of halogens is 1. The van der Waals surface area contributed by atoms with Gasteiger partial charge < -0.3 is 14.6 Å². The molecule has 1 amide bonds. The van der Waals surface area contributed by atoms with Gasteiger partial charge in [-0.05, 0) is 24.1 Å². The molecule has 0 aliphatic heterocycles. The summed E-state index contributed by atoms with van der Waals surface area (Å²) in [6, 6.07) is 8.74. The van der Waals surface area contributed by atoms with E-state index in [0.717, 1.165) is 5.56 Å². The molecule has 0 radical (unpaired) electrons. The Balaban J connectivity index is 2.11. The summed E-state index contributed by atoms with van der Waals surface area (Å²) in [7, 11) is 1.31. The second-order valence-electron chi connectivity index (χ2n) is 5.01. The van der Waals surface area contributed by atoms with Crippen LogP contribution in [0.5, 0.6) is 0 Å². The zero-order valence-electron chi connectivity index (χ0n) is 12.8. The highest BCUT2D eigenvalue weighted by molar-refractivity contribution is 6.29. The van der Waals surface area contributed by atoms with E-state index in [0.29, 0.717) is 11.3 Å². The fraction of sp³-hybridized carbons (Fsp3) is 0.312. The number of nitrogens with zero attached hydrogens (tertiary/aromatic N) is 1. The Hall–Kier alpha value is -2.34. The summed E-state index contributed by atoms with van der Waals surface area (Å²) in [5.74, 6) is -0.686. The van der Waals surface area contributed by atoms with E-state index >= 15 is 0 Å². The Kier molecular flexibility index (Phi) is 5.76. The first kappa shape index (κ1) is 17.0. The summed E-state index contributed by atoms with van der Waals surface area (Å²) in [5, 5.41) is 6.63. The number of hydrogen-bond donors (Lipinski definition) is 1. The number of carbonyl (C=O) groups is 2. The molecule has 2 rings (SSSR count). The van der Waals surface area contributed by atoms with Crippen LogP contribution in [-0.2, 0) is 20.7 Å². The van der Waals surface area contributed by atoms with Crippen LogP contribution < -0.4 is 5.32 Å². The van der Waals surface area contributed by atoms with Gasteiger partial charge in [-0.3, -0.25) is 9.59 Å². The number of methoxy groups -OCH3 is 1. The van der Waals surface area contributed by atoms with E-state index in [4.69, 9.17) is 20.9 Å². The van der Waals surface area contributed by atoms with Crippen LogP contribution >= 0.6 is 11.6 Å². The topological polar surface area (TPSA) is 81.4 Å². The third-order valence-electron chi connectivity index (χ3n) is 3.41. The van der Waals surface area contributed by atoms with Crippen molar-refractivity contribution in [3.63, 3.8) is 0 Å². The summed E-state index contributed by atoms with van der Waals surface area (Å²) in [6.45, 7) is 1.71. The molecule has 1 heterocycles. The van der Waals surface area contributed by atoms with Gasteiger partial charge in [0.25, 0.3) is 0 Å². The number of esters is 1. The normalized spacial score (nSPS) is 11.8. The zero-order chi connectivity index (χ0) is 16.8. The molecule has 7 heteroatoms. The van der Waals surface area contributed by atoms with E-state index in [1.807, 2.05) is 30.3 Å². The van der Waals surface area contributed by atoms with Crippen LogP contribution in [0.4, 0.5) is 0 Å².